The van der Waals surface area contributed by atoms with Crippen molar-refractivity contribution in [2.24, 2.45) is 5.92 Å². The van der Waals surface area contributed by atoms with Gasteiger partial charge < -0.3 is 15.0 Å². The molecule has 4 amide bonds. The van der Waals surface area contributed by atoms with E-state index in [-0.39, 0.29) is 41.2 Å². The molecular weight excluding hydrogens is 562 g/mol. The molecule has 0 aromatic carbocycles. The van der Waals surface area contributed by atoms with Gasteiger partial charge in [0.15, 0.2) is 5.65 Å². The van der Waals surface area contributed by atoms with Gasteiger partial charge in [0.05, 0.1) is 17.4 Å². The number of imide groups is 1. The first-order valence-corrected chi connectivity index (χ1v) is 13.6. The normalized spacial score (nSPS) is 19.0. The number of nitrogens with zero attached hydrogens (tertiary/aromatic N) is 8. The quantitative estimate of drug-likeness (QED) is 0.292. The summed E-state index contributed by atoms with van der Waals surface area (Å²) in [5.74, 6) is 0.878. The van der Waals surface area contributed by atoms with E-state index in [2.05, 4.69) is 35.6 Å². The minimum absolute atomic E-state index is 0.0413. The van der Waals surface area contributed by atoms with Gasteiger partial charge in [-0.25, -0.2) is 38.5 Å². The fourth-order valence-corrected chi connectivity index (χ4v) is 5.07. The monoisotopic (exact) mass is 590 g/mol. The summed E-state index contributed by atoms with van der Waals surface area (Å²) in [6.45, 7) is 5.10. The number of likely N-dealkylation sites (N-methyl/N-ethyl adjacent to an activating group) is 1. The highest BCUT2D eigenvalue weighted by atomic mass is 19.3. The number of imidazole rings is 1. The second kappa shape index (κ2) is 10.6. The molecule has 2 unspecified atom stereocenters. The van der Waals surface area contributed by atoms with Crippen LogP contribution < -0.4 is 15.5 Å². The molecular formula is C28H28F2N10O3. The number of aryl methyl sites for hydroxylation is 2. The van der Waals surface area contributed by atoms with Gasteiger partial charge in [0.1, 0.15) is 29.8 Å². The molecule has 3 atom stereocenters. The zero-order valence-electron chi connectivity index (χ0n) is 23.7. The lowest BCUT2D eigenvalue weighted by atomic mass is 10.2. The maximum atomic E-state index is 13.7. The van der Waals surface area contributed by atoms with E-state index in [9.17, 15) is 23.2 Å². The topological polar surface area (TPSA) is 151 Å². The molecule has 6 rings (SSSR count). The standard InChI is InChI=1S/C28H28F2N10O3/c1-13-5-6-31-25(32-13)17-8-18(17)27(42)37-22-9-21(34-15(3)35-22)33-14(2)19-11-39-10-16(24(29)30)7-20(26(39)36-19)40-12-23(41)38(4)28(40)43/h5-7,9-11,14,17-18,24H,8,12H2,1-4H3,(H2,33,34,35,37,42)/t14-,17?,18?/m0/s1. The Morgan fingerprint density at radius 3 is 2.53 bits per heavy atom. The first kappa shape index (κ1) is 28.1. The third-order valence-electron chi connectivity index (χ3n) is 7.47. The first-order chi connectivity index (χ1) is 20.5. The van der Waals surface area contributed by atoms with Gasteiger partial charge in [-0.1, -0.05) is 0 Å². The van der Waals surface area contributed by atoms with Crippen molar-refractivity contribution in [3.8, 4) is 0 Å². The molecule has 222 valence electrons. The molecule has 2 fully saturated rings. The van der Waals surface area contributed by atoms with Crippen LogP contribution in [-0.2, 0) is 9.59 Å². The van der Waals surface area contributed by atoms with Gasteiger partial charge in [-0.05, 0) is 39.3 Å². The number of anilines is 3. The van der Waals surface area contributed by atoms with Crippen LogP contribution in [0.25, 0.3) is 5.65 Å². The van der Waals surface area contributed by atoms with E-state index >= 15 is 0 Å². The van der Waals surface area contributed by atoms with Crippen LogP contribution in [0.1, 0.15) is 60.3 Å². The average Bonchev–Trinajstić information content (AvgIpc) is 3.58. The van der Waals surface area contributed by atoms with Crippen molar-refractivity contribution in [2.75, 3.05) is 29.1 Å². The second-order valence-corrected chi connectivity index (χ2v) is 10.7. The fourth-order valence-electron chi connectivity index (χ4n) is 5.07. The minimum Gasteiger partial charge on any atom is -0.362 e. The van der Waals surface area contributed by atoms with Gasteiger partial charge in [-0.15, -0.1) is 0 Å². The Balaban J connectivity index is 1.21. The molecule has 1 aliphatic heterocycles. The summed E-state index contributed by atoms with van der Waals surface area (Å²) in [4.78, 5) is 61.9. The van der Waals surface area contributed by atoms with Gasteiger partial charge in [-0.3, -0.25) is 19.4 Å². The lowest BCUT2D eigenvalue weighted by Gasteiger charge is -2.17. The Kier molecular flexibility index (Phi) is 6.94. The molecule has 2 N–H and O–H groups in total. The van der Waals surface area contributed by atoms with Crippen LogP contribution in [0.15, 0.2) is 36.8 Å². The second-order valence-electron chi connectivity index (χ2n) is 10.7. The van der Waals surface area contributed by atoms with Crippen molar-refractivity contribution in [3.05, 3.63) is 65.4 Å². The van der Waals surface area contributed by atoms with E-state index < -0.39 is 24.4 Å². The molecule has 2 aliphatic rings. The highest BCUT2D eigenvalue weighted by Crippen LogP contribution is 2.46. The summed E-state index contributed by atoms with van der Waals surface area (Å²) in [5, 5.41) is 6.07. The molecule has 4 aromatic heterocycles. The zero-order chi connectivity index (χ0) is 30.6. The molecule has 5 heterocycles. The largest absolute Gasteiger partial charge is 0.362 e. The van der Waals surface area contributed by atoms with Crippen molar-refractivity contribution in [1.29, 1.82) is 0 Å². The number of aromatic nitrogens is 6. The third kappa shape index (κ3) is 5.45. The SMILES string of the molecule is Cc1ccnc(C2CC2C(=O)Nc2cc(N[C@@H](C)c3cn4cc(C(F)F)cc(N5CC(=O)N(C)C5=O)c4n3)nc(C)n2)n1. The van der Waals surface area contributed by atoms with Gasteiger partial charge in [-0.2, -0.15) is 0 Å². The highest BCUT2D eigenvalue weighted by Gasteiger charge is 2.46. The molecule has 1 saturated carbocycles. The van der Waals surface area contributed by atoms with Crippen molar-refractivity contribution >= 4 is 40.8 Å². The molecule has 4 aromatic rings. The van der Waals surface area contributed by atoms with Crippen molar-refractivity contribution < 1.29 is 23.2 Å². The number of carbonyl (C=O) groups is 3. The van der Waals surface area contributed by atoms with Gasteiger partial charge in [0.2, 0.25) is 11.8 Å². The smallest absolute Gasteiger partial charge is 0.331 e. The first-order valence-electron chi connectivity index (χ1n) is 13.6. The van der Waals surface area contributed by atoms with Crippen LogP contribution in [0.2, 0.25) is 0 Å². The minimum atomic E-state index is -2.80. The van der Waals surface area contributed by atoms with Gasteiger partial charge >= 0.3 is 6.03 Å². The summed E-state index contributed by atoms with van der Waals surface area (Å²) in [6, 6.07) is 3.50. The molecule has 15 heteroatoms. The predicted molar refractivity (Wildman–Crippen MR) is 151 cm³/mol. The van der Waals surface area contributed by atoms with Crippen molar-refractivity contribution in [1.82, 2.24) is 34.2 Å². The number of nitrogens with one attached hydrogen (secondary N) is 2. The summed E-state index contributed by atoms with van der Waals surface area (Å²) in [6.07, 6.45) is 2.35. The number of carbonyl (C=O) groups excluding carboxylic acids is 3. The summed E-state index contributed by atoms with van der Waals surface area (Å²) in [7, 11) is 1.34. The predicted octanol–water partition coefficient (Wildman–Crippen LogP) is 3.78. The Bertz CT molecular complexity index is 1780. The molecule has 0 bridgehead atoms. The number of rotatable bonds is 8. The molecule has 0 spiro atoms. The maximum absolute atomic E-state index is 13.7. The number of hydrogen-bond donors (Lipinski definition) is 2. The lowest BCUT2D eigenvalue weighted by Crippen LogP contribution is -2.30. The third-order valence-corrected chi connectivity index (χ3v) is 7.47. The average molecular weight is 591 g/mol. The number of hydrogen-bond acceptors (Lipinski definition) is 9. The number of pyridine rings is 1. The van der Waals surface area contributed by atoms with Crippen LogP contribution >= 0.6 is 0 Å². The van der Waals surface area contributed by atoms with E-state index in [1.165, 1.54) is 23.7 Å². The fraction of sp³-hybridized carbons (Fsp3) is 0.357. The molecule has 43 heavy (non-hydrogen) atoms. The Morgan fingerprint density at radius 1 is 1.07 bits per heavy atom. The van der Waals surface area contributed by atoms with Crippen molar-refractivity contribution in [3.63, 3.8) is 0 Å². The highest BCUT2D eigenvalue weighted by molar-refractivity contribution is 6.13. The maximum Gasteiger partial charge on any atom is 0.331 e. The van der Waals surface area contributed by atoms with E-state index in [1.807, 2.05) is 6.92 Å². The van der Waals surface area contributed by atoms with E-state index in [0.717, 1.165) is 15.5 Å². The summed E-state index contributed by atoms with van der Waals surface area (Å²) in [5.41, 5.74) is 1.35. The lowest BCUT2D eigenvalue weighted by molar-refractivity contribution is -0.124. The molecule has 13 nitrogen and oxygen atoms in total. The van der Waals surface area contributed by atoms with Crippen molar-refractivity contribution in [2.45, 2.75) is 45.6 Å². The van der Waals surface area contributed by atoms with Gasteiger partial charge in [0, 0.05) is 54.8 Å². The molecule has 1 aliphatic carbocycles. The zero-order valence-corrected chi connectivity index (χ0v) is 23.7. The number of amides is 4. The number of halogens is 2. The van der Waals surface area contributed by atoms with Crippen LogP contribution in [0.4, 0.5) is 30.9 Å². The number of fused-ring (bicyclic) bond motifs is 1. The van der Waals surface area contributed by atoms with E-state index in [0.29, 0.717) is 35.4 Å². The Labute approximate surface area is 244 Å². The van der Waals surface area contributed by atoms with Crippen LogP contribution in [-0.4, -0.2) is 65.7 Å². The van der Waals surface area contributed by atoms with Crippen LogP contribution in [0, 0.1) is 19.8 Å². The molecule has 1 saturated heterocycles. The number of alkyl halides is 2. The molecule has 0 radical (unpaired) electrons. The van der Waals surface area contributed by atoms with E-state index in [4.69, 9.17) is 0 Å². The summed E-state index contributed by atoms with van der Waals surface area (Å²) < 4.78 is 28.9. The number of urea groups is 1. The van der Waals surface area contributed by atoms with Crippen LogP contribution in [0.3, 0.4) is 0 Å². The summed E-state index contributed by atoms with van der Waals surface area (Å²) >= 11 is 0. The Hall–Kier alpha value is -5.08. The Morgan fingerprint density at radius 2 is 1.84 bits per heavy atom. The van der Waals surface area contributed by atoms with Crippen LogP contribution in [0.5, 0.6) is 0 Å². The van der Waals surface area contributed by atoms with Gasteiger partial charge in [0.25, 0.3) is 6.43 Å². The van der Waals surface area contributed by atoms with E-state index in [1.54, 1.807) is 38.4 Å².